The molecule has 0 aromatic heterocycles. The second kappa shape index (κ2) is 11.9. The van der Waals surface area contributed by atoms with Crippen LogP contribution in [-0.4, -0.2) is 51.8 Å². The number of ether oxygens (including phenoxy) is 2. The Bertz CT molecular complexity index is 569. The van der Waals surface area contributed by atoms with Gasteiger partial charge in [0.2, 0.25) is 5.91 Å². The molecule has 0 bridgehead atoms. The fourth-order valence-corrected chi connectivity index (χ4v) is 2.48. The Morgan fingerprint density at radius 1 is 1.36 bits per heavy atom. The highest BCUT2D eigenvalue weighted by atomic mass is 127. The summed E-state index contributed by atoms with van der Waals surface area (Å²) >= 11 is 0. The summed E-state index contributed by atoms with van der Waals surface area (Å²) < 4.78 is 10.6. The number of rotatable bonds is 7. The number of nitrogens with zero attached hydrogens (tertiary/aromatic N) is 1. The lowest BCUT2D eigenvalue weighted by atomic mass is 10.0. The number of hydrogen-bond acceptors (Lipinski definition) is 4. The molecule has 7 nitrogen and oxygen atoms in total. The number of hydrogen-bond donors (Lipinski definition) is 3. The van der Waals surface area contributed by atoms with Gasteiger partial charge in [-0.15, -0.1) is 24.0 Å². The van der Waals surface area contributed by atoms with Crippen LogP contribution >= 0.6 is 24.0 Å². The van der Waals surface area contributed by atoms with E-state index in [1.54, 1.807) is 7.11 Å². The third-order valence-corrected chi connectivity index (χ3v) is 3.62. The van der Waals surface area contributed by atoms with Crippen LogP contribution in [0.5, 0.6) is 5.75 Å². The number of nitrogens with one attached hydrogen (secondary N) is 3. The highest BCUT2D eigenvalue weighted by Gasteiger charge is 2.21. The fraction of sp³-hybridized carbons (Fsp3) is 0.529. The summed E-state index contributed by atoms with van der Waals surface area (Å²) in [6, 6.07) is 8.09. The summed E-state index contributed by atoms with van der Waals surface area (Å²) in [4.78, 5) is 16.1. The molecule has 8 heteroatoms. The number of aliphatic imine (C=N–C) groups is 1. The first-order valence-corrected chi connectivity index (χ1v) is 8.26. The minimum atomic E-state index is -0.128. The molecular formula is C17H27IN4O3. The van der Waals surface area contributed by atoms with Gasteiger partial charge in [0.15, 0.2) is 5.96 Å². The quantitative estimate of drug-likeness (QED) is 0.247. The van der Waals surface area contributed by atoms with Gasteiger partial charge in [0.05, 0.1) is 19.3 Å². The summed E-state index contributed by atoms with van der Waals surface area (Å²) in [5, 5.41) is 9.32. The van der Waals surface area contributed by atoms with Crippen LogP contribution in [0.1, 0.15) is 24.9 Å². The molecule has 0 spiro atoms. The number of benzene rings is 1. The van der Waals surface area contributed by atoms with Crippen LogP contribution in [0.25, 0.3) is 0 Å². The van der Waals surface area contributed by atoms with Gasteiger partial charge in [-0.05, 0) is 13.0 Å². The fourth-order valence-electron chi connectivity index (χ4n) is 2.48. The van der Waals surface area contributed by atoms with E-state index in [1.807, 2.05) is 31.2 Å². The van der Waals surface area contributed by atoms with Gasteiger partial charge < -0.3 is 25.4 Å². The van der Waals surface area contributed by atoms with Gasteiger partial charge in [-0.25, -0.2) is 4.99 Å². The summed E-state index contributed by atoms with van der Waals surface area (Å²) in [5.74, 6) is 1.40. The molecule has 1 aromatic rings. The molecule has 0 radical (unpaired) electrons. The Balaban J connectivity index is 0.00000312. The van der Waals surface area contributed by atoms with Gasteiger partial charge in [-0.1, -0.05) is 18.2 Å². The molecule has 1 amide bonds. The lowest BCUT2D eigenvalue weighted by molar-refractivity contribution is -0.119. The summed E-state index contributed by atoms with van der Waals surface area (Å²) in [5.41, 5.74) is 1.11. The first-order valence-electron chi connectivity index (χ1n) is 8.26. The van der Waals surface area contributed by atoms with E-state index < -0.39 is 0 Å². The SMILES string of the molecule is CCNC(=NCC(=O)NCCOC)NC1CCOc2ccccc21.I. The Morgan fingerprint density at radius 2 is 2.16 bits per heavy atom. The molecule has 140 valence electrons. The molecule has 0 aliphatic carbocycles. The van der Waals surface area contributed by atoms with Crippen molar-refractivity contribution in [2.45, 2.75) is 19.4 Å². The lowest BCUT2D eigenvalue weighted by Gasteiger charge is -2.28. The zero-order valence-corrected chi connectivity index (χ0v) is 17.0. The second-order valence-electron chi connectivity index (χ2n) is 5.41. The number of fused-ring (bicyclic) bond motifs is 1. The first-order chi connectivity index (χ1) is 11.7. The van der Waals surface area contributed by atoms with Gasteiger partial charge in [-0.3, -0.25) is 4.79 Å². The van der Waals surface area contributed by atoms with E-state index in [2.05, 4.69) is 20.9 Å². The number of guanidine groups is 1. The number of amides is 1. The summed E-state index contributed by atoms with van der Waals surface area (Å²) in [6.07, 6.45) is 0.849. The Labute approximate surface area is 166 Å². The van der Waals surface area contributed by atoms with Crippen molar-refractivity contribution in [1.29, 1.82) is 0 Å². The molecule has 1 aliphatic rings. The summed E-state index contributed by atoms with van der Waals surface area (Å²) in [7, 11) is 1.60. The van der Waals surface area contributed by atoms with Crippen LogP contribution < -0.4 is 20.7 Å². The third kappa shape index (κ3) is 7.07. The molecule has 3 N–H and O–H groups in total. The molecule has 25 heavy (non-hydrogen) atoms. The van der Waals surface area contributed by atoms with E-state index in [1.165, 1.54) is 0 Å². The lowest BCUT2D eigenvalue weighted by Crippen LogP contribution is -2.42. The molecule has 1 heterocycles. The van der Waals surface area contributed by atoms with Gasteiger partial charge in [0.1, 0.15) is 12.3 Å². The van der Waals surface area contributed by atoms with E-state index in [-0.39, 0.29) is 42.5 Å². The van der Waals surface area contributed by atoms with Crippen LogP contribution in [0.15, 0.2) is 29.3 Å². The predicted octanol–water partition coefficient (Wildman–Crippen LogP) is 1.45. The molecule has 0 saturated carbocycles. The van der Waals surface area contributed by atoms with Crippen LogP contribution in [0, 0.1) is 0 Å². The standard InChI is InChI=1S/C17H26N4O3.HI/c1-3-18-17(20-12-16(22)19-9-11-23-2)21-14-8-10-24-15-7-5-4-6-13(14)15;/h4-7,14H,3,8-12H2,1-2H3,(H,19,22)(H2,18,20,21);1H. The molecular weight excluding hydrogens is 435 g/mol. The zero-order chi connectivity index (χ0) is 17.2. The van der Waals surface area contributed by atoms with E-state index in [9.17, 15) is 4.79 Å². The largest absolute Gasteiger partial charge is 0.493 e. The minimum absolute atomic E-state index is 0. The maximum Gasteiger partial charge on any atom is 0.241 e. The normalized spacial score (nSPS) is 16.1. The average Bonchev–Trinajstić information content (AvgIpc) is 2.60. The molecule has 2 rings (SSSR count). The van der Waals surface area contributed by atoms with Crippen molar-refractivity contribution in [2.24, 2.45) is 4.99 Å². The van der Waals surface area contributed by atoms with E-state index in [0.29, 0.717) is 25.7 Å². The molecule has 1 unspecified atom stereocenters. The van der Waals surface area contributed by atoms with Crippen LogP contribution in [0.4, 0.5) is 0 Å². The monoisotopic (exact) mass is 462 g/mol. The Hall–Kier alpha value is -1.55. The minimum Gasteiger partial charge on any atom is -0.493 e. The molecule has 1 atom stereocenters. The van der Waals surface area contributed by atoms with E-state index in [4.69, 9.17) is 9.47 Å². The maximum atomic E-state index is 11.8. The molecule has 1 aliphatic heterocycles. The number of para-hydroxylation sites is 1. The number of halogens is 1. The summed E-state index contributed by atoms with van der Waals surface area (Å²) in [6.45, 7) is 4.43. The molecule has 0 saturated heterocycles. The van der Waals surface area contributed by atoms with Crippen molar-refractivity contribution < 1.29 is 14.3 Å². The third-order valence-electron chi connectivity index (χ3n) is 3.62. The predicted molar refractivity (Wildman–Crippen MR) is 109 cm³/mol. The maximum absolute atomic E-state index is 11.8. The van der Waals surface area contributed by atoms with Gasteiger partial charge >= 0.3 is 0 Å². The van der Waals surface area contributed by atoms with Crippen molar-refractivity contribution in [3.05, 3.63) is 29.8 Å². The van der Waals surface area contributed by atoms with Crippen LogP contribution in [-0.2, 0) is 9.53 Å². The van der Waals surface area contributed by atoms with Crippen molar-refractivity contribution in [3.8, 4) is 5.75 Å². The second-order valence-corrected chi connectivity index (χ2v) is 5.41. The number of carbonyl (C=O) groups is 1. The number of carbonyl (C=O) groups excluding carboxylic acids is 1. The highest BCUT2D eigenvalue weighted by Crippen LogP contribution is 2.31. The van der Waals surface area contributed by atoms with Crippen molar-refractivity contribution in [1.82, 2.24) is 16.0 Å². The van der Waals surface area contributed by atoms with Crippen molar-refractivity contribution >= 4 is 35.8 Å². The van der Waals surface area contributed by atoms with Gasteiger partial charge in [-0.2, -0.15) is 0 Å². The highest BCUT2D eigenvalue weighted by molar-refractivity contribution is 14.0. The van der Waals surface area contributed by atoms with E-state index in [0.717, 1.165) is 24.3 Å². The van der Waals surface area contributed by atoms with E-state index >= 15 is 0 Å². The van der Waals surface area contributed by atoms with Crippen molar-refractivity contribution in [2.75, 3.05) is 40.0 Å². The Morgan fingerprint density at radius 3 is 2.92 bits per heavy atom. The topological polar surface area (TPSA) is 84.0 Å². The molecule has 1 aromatic carbocycles. The Kier molecular flexibility index (Phi) is 10.2. The zero-order valence-electron chi connectivity index (χ0n) is 14.7. The number of methoxy groups -OCH3 is 1. The molecule has 0 fully saturated rings. The van der Waals surface area contributed by atoms with Crippen molar-refractivity contribution in [3.63, 3.8) is 0 Å². The average molecular weight is 462 g/mol. The van der Waals surface area contributed by atoms with Gasteiger partial charge in [0, 0.05) is 32.2 Å². The van der Waals surface area contributed by atoms with Crippen LogP contribution in [0.2, 0.25) is 0 Å². The van der Waals surface area contributed by atoms with Gasteiger partial charge in [0.25, 0.3) is 0 Å². The smallest absolute Gasteiger partial charge is 0.241 e. The van der Waals surface area contributed by atoms with Crippen LogP contribution in [0.3, 0.4) is 0 Å². The first kappa shape index (κ1) is 21.5.